The van der Waals surface area contributed by atoms with Crippen molar-refractivity contribution < 1.29 is 9.90 Å². The molecule has 0 aliphatic rings. The van der Waals surface area contributed by atoms with E-state index in [-0.39, 0.29) is 5.78 Å². The van der Waals surface area contributed by atoms with Crippen LogP contribution in [0.4, 0.5) is 0 Å². The monoisotopic (exact) mass is 262 g/mol. The third kappa shape index (κ3) is 4.17. The molecule has 0 spiro atoms. The van der Waals surface area contributed by atoms with Gasteiger partial charge >= 0.3 is 0 Å². The molecule has 0 saturated carbocycles. The Labute approximate surface area is 116 Å². The number of unbranched alkanes of at least 4 members (excludes halogenated alkanes) is 1. The van der Waals surface area contributed by atoms with Crippen molar-refractivity contribution in [2.45, 2.75) is 64.9 Å². The van der Waals surface area contributed by atoms with Crippen LogP contribution in [0, 0.1) is 0 Å². The highest BCUT2D eigenvalue weighted by molar-refractivity contribution is 6.02. The van der Waals surface area contributed by atoms with Gasteiger partial charge in [0.2, 0.25) is 0 Å². The number of rotatable bonds is 8. The molecule has 0 aliphatic heterocycles. The lowest BCUT2D eigenvalue weighted by Crippen LogP contribution is -2.38. The van der Waals surface area contributed by atoms with E-state index in [0.29, 0.717) is 18.4 Å². The maximum Gasteiger partial charge on any atom is 0.194 e. The van der Waals surface area contributed by atoms with Crippen LogP contribution in [0.2, 0.25) is 0 Å². The molecule has 0 aliphatic carbocycles. The molecule has 1 unspecified atom stereocenters. The molecule has 2 nitrogen and oxygen atoms in total. The molecule has 2 heteroatoms. The average molecular weight is 262 g/mol. The maximum absolute atomic E-state index is 12.4. The van der Waals surface area contributed by atoms with Gasteiger partial charge in [0, 0.05) is 5.56 Å². The van der Waals surface area contributed by atoms with E-state index in [1.807, 2.05) is 31.2 Å². The van der Waals surface area contributed by atoms with Gasteiger partial charge < -0.3 is 5.11 Å². The molecular weight excluding hydrogens is 236 g/mol. The predicted molar refractivity (Wildman–Crippen MR) is 79.5 cm³/mol. The van der Waals surface area contributed by atoms with Crippen LogP contribution in [0.5, 0.6) is 0 Å². The number of benzene rings is 1. The quantitative estimate of drug-likeness (QED) is 0.714. The third-order valence-electron chi connectivity index (χ3n) is 3.71. The molecule has 0 bridgehead atoms. The Balaban J connectivity index is 2.84. The van der Waals surface area contributed by atoms with Crippen molar-refractivity contribution >= 4 is 5.78 Å². The van der Waals surface area contributed by atoms with E-state index in [1.165, 1.54) is 5.56 Å². The van der Waals surface area contributed by atoms with Crippen LogP contribution in [-0.2, 0) is 6.42 Å². The summed E-state index contributed by atoms with van der Waals surface area (Å²) in [6, 6.07) is 7.68. The minimum Gasteiger partial charge on any atom is -0.382 e. The molecule has 19 heavy (non-hydrogen) atoms. The zero-order valence-corrected chi connectivity index (χ0v) is 12.4. The largest absolute Gasteiger partial charge is 0.382 e. The van der Waals surface area contributed by atoms with E-state index in [2.05, 4.69) is 13.8 Å². The first-order valence-electron chi connectivity index (χ1n) is 7.43. The zero-order chi connectivity index (χ0) is 14.3. The molecule has 1 N–H and O–H groups in total. The normalized spacial score (nSPS) is 14.1. The lowest BCUT2D eigenvalue weighted by molar-refractivity contribution is 0.0240. The summed E-state index contributed by atoms with van der Waals surface area (Å²) in [5, 5.41) is 10.5. The van der Waals surface area contributed by atoms with Crippen molar-refractivity contribution in [2.24, 2.45) is 0 Å². The highest BCUT2D eigenvalue weighted by Gasteiger charge is 2.33. The number of aryl methyl sites for hydroxylation is 1. The third-order valence-corrected chi connectivity index (χ3v) is 3.71. The summed E-state index contributed by atoms with van der Waals surface area (Å²) < 4.78 is 0. The molecule has 1 aromatic carbocycles. The van der Waals surface area contributed by atoms with Crippen molar-refractivity contribution in [2.75, 3.05) is 0 Å². The molecule has 0 radical (unpaired) electrons. The summed E-state index contributed by atoms with van der Waals surface area (Å²) in [7, 11) is 0. The number of aliphatic hydroxyl groups is 1. The van der Waals surface area contributed by atoms with Gasteiger partial charge in [0.05, 0.1) is 0 Å². The lowest BCUT2D eigenvalue weighted by atomic mass is 9.85. The van der Waals surface area contributed by atoms with E-state index in [1.54, 1.807) is 0 Å². The van der Waals surface area contributed by atoms with Gasteiger partial charge in [-0.3, -0.25) is 4.79 Å². The van der Waals surface area contributed by atoms with E-state index < -0.39 is 5.60 Å². The second-order valence-electron chi connectivity index (χ2n) is 5.26. The Kier molecular flexibility index (Phi) is 6.23. The number of Topliss-reactive ketones (excluding diaryl/α,β-unsaturated/α-hetero) is 1. The van der Waals surface area contributed by atoms with E-state index >= 15 is 0 Å². The molecule has 1 rings (SSSR count). The minimum atomic E-state index is -1.19. The number of carbonyl (C=O) groups is 1. The van der Waals surface area contributed by atoms with E-state index in [9.17, 15) is 9.90 Å². The molecule has 0 aromatic heterocycles. The predicted octanol–water partition coefficient (Wildman–Crippen LogP) is 4.15. The number of hydrogen-bond acceptors (Lipinski definition) is 2. The fourth-order valence-corrected chi connectivity index (χ4v) is 2.30. The van der Waals surface area contributed by atoms with Crippen molar-refractivity contribution in [3.05, 3.63) is 35.4 Å². The van der Waals surface area contributed by atoms with Gasteiger partial charge in [-0.25, -0.2) is 0 Å². The van der Waals surface area contributed by atoms with Gasteiger partial charge in [-0.2, -0.15) is 0 Å². The topological polar surface area (TPSA) is 37.3 Å². The lowest BCUT2D eigenvalue weighted by Gasteiger charge is -2.25. The molecule has 0 fully saturated rings. The van der Waals surface area contributed by atoms with Gasteiger partial charge in [-0.1, -0.05) is 64.3 Å². The maximum atomic E-state index is 12.4. The van der Waals surface area contributed by atoms with Gasteiger partial charge in [0.25, 0.3) is 0 Å². The fourth-order valence-electron chi connectivity index (χ4n) is 2.30. The molecule has 106 valence electrons. The van der Waals surface area contributed by atoms with Crippen LogP contribution in [0.15, 0.2) is 24.3 Å². The summed E-state index contributed by atoms with van der Waals surface area (Å²) in [5.41, 5.74) is 0.676. The second-order valence-corrected chi connectivity index (χ2v) is 5.26. The summed E-state index contributed by atoms with van der Waals surface area (Å²) >= 11 is 0. The van der Waals surface area contributed by atoms with Crippen LogP contribution in [0.1, 0.15) is 68.8 Å². The van der Waals surface area contributed by atoms with Gasteiger partial charge in [-0.05, 0) is 24.8 Å². The molecule has 0 heterocycles. The van der Waals surface area contributed by atoms with Crippen molar-refractivity contribution in [1.29, 1.82) is 0 Å². The van der Waals surface area contributed by atoms with Crippen LogP contribution in [0.3, 0.4) is 0 Å². The van der Waals surface area contributed by atoms with Crippen LogP contribution >= 0.6 is 0 Å². The Morgan fingerprint density at radius 1 is 1.11 bits per heavy atom. The first-order valence-corrected chi connectivity index (χ1v) is 7.43. The Bertz CT molecular complexity index is 394. The molecule has 1 atom stereocenters. The molecule has 0 saturated heterocycles. The van der Waals surface area contributed by atoms with Gasteiger partial charge in [0.1, 0.15) is 5.60 Å². The summed E-state index contributed by atoms with van der Waals surface area (Å²) in [4.78, 5) is 12.4. The zero-order valence-electron chi connectivity index (χ0n) is 12.4. The Morgan fingerprint density at radius 3 is 2.21 bits per heavy atom. The Morgan fingerprint density at radius 2 is 1.74 bits per heavy atom. The van der Waals surface area contributed by atoms with Gasteiger partial charge in [-0.15, -0.1) is 0 Å². The summed E-state index contributed by atoms with van der Waals surface area (Å²) in [6.45, 7) is 6.08. The molecular formula is C17H26O2. The standard InChI is InChI=1S/C17H26O2/c1-4-7-13-17(19,6-3)16(18)15-11-9-14(8-5-2)10-12-15/h9-12,19H,4-8,13H2,1-3H3. The van der Waals surface area contributed by atoms with Gasteiger partial charge in [0.15, 0.2) is 5.78 Å². The summed E-state index contributed by atoms with van der Waals surface area (Å²) in [5.74, 6) is -0.133. The van der Waals surface area contributed by atoms with Crippen molar-refractivity contribution in [3.8, 4) is 0 Å². The summed E-state index contributed by atoms with van der Waals surface area (Å²) in [6.07, 6.45) is 5.03. The minimum absolute atomic E-state index is 0.133. The highest BCUT2D eigenvalue weighted by Crippen LogP contribution is 2.24. The van der Waals surface area contributed by atoms with Crippen LogP contribution < -0.4 is 0 Å². The van der Waals surface area contributed by atoms with E-state index in [0.717, 1.165) is 25.7 Å². The van der Waals surface area contributed by atoms with Crippen molar-refractivity contribution in [3.63, 3.8) is 0 Å². The second kappa shape index (κ2) is 7.44. The average Bonchev–Trinajstić information content (AvgIpc) is 2.45. The van der Waals surface area contributed by atoms with E-state index in [4.69, 9.17) is 0 Å². The number of ketones is 1. The first-order chi connectivity index (χ1) is 9.07. The number of hydrogen-bond donors (Lipinski definition) is 1. The fraction of sp³-hybridized carbons (Fsp3) is 0.588. The van der Waals surface area contributed by atoms with Crippen LogP contribution in [-0.4, -0.2) is 16.5 Å². The molecule has 1 aromatic rings. The highest BCUT2D eigenvalue weighted by atomic mass is 16.3. The van der Waals surface area contributed by atoms with Crippen molar-refractivity contribution in [1.82, 2.24) is 0 Å². The SMILES string of the molecule is CCCCC(O)(CC)C(=O)c1ccc(CCC)cc1. The number of carbonyl (C=O) groups excluding carboxylic acids is 1. The first kappa shape index (κ1) is 15.9. The Hall–Kier alpha value is -1.15. The smallest absolute Gasteiger partial charge is 0.194 e. The molecule has 0 amide bonds. The van der Waals surface area contributed by atoms with Crippen LogP contribution in [0.25, 0.3) is 0 Å².